The molecule has 45 heavy (non-hydrogen) atoms. The Morgan fingerprint density at radius 1 is 0.956 bits per heavy atom. The van der Waals surface area contributed by atoms with Gasteiger partial charge < -0.3 is 25.2 Å². The van der Waals surface area contributed by atoms with Crippen LogP contribution in [0.4, 0.5) is 4.39 Å². The number of hydrogen-bond donors (Lipinski definition) is 4. The number of nitrogens with zero attached hydrogens (tertiary/aromatic N) is 1. The van der Waals surface area contributed by atoms with Crippen molar-refractivity contribution in [1.29, 1.82) is 0 Å². The van der Waals surface area contributed by atoms with Gasteiger partial charge in [0, 0.05) is 23.5 Å². The van der Waals surface area contributed by atoms with Crippen molar-refractivity contribution in [3.63, 3.8) is 0 Å². The second-order valence-electron chi connectivity index (χ2n) is 10.4. The van der Waals surface area contributed by atoms with Gasteiger partial charge in [-0.1, -0.05) is 76.3 Å². The van der Waals surface area contributed by atoms with E-state index >= 15 is 0 Å². The van der Waals surface area contributed by atoms with E-state index in [1.165, 1.54) is 12.1 Å². The summed E-state index contributed by atoms with van der Waals surface area (Å²) in [5.74, 6) is -1.19. The van der Waals surface area contributed by atoms with Crippen molar-refractivity contribution in [3.05, 3.63) is 108 Å². The fourth-order valence-electron chi connectivity index (χ4n) is 4.64. The highest BCUT2D eigenvalue weighted by Crippen LogP contribution is 2.38. The quantitative estimate of drug-likeness (QED) is 0.108. The van der Waals surface area contributed by atoms with Crippen molar-refractivity contribution in [1.82, 2.24) is 9.88 Å². The van der Waals surface area contributed by atoms with Gasteiger partial charge in [-0.25, -0.2) is 4.39 Å². The third-order valence-electron chi connectivity index (χ3n) is 6.60. The minimum atomic E-state index is -1.09. The molecule has 0 radical (unpaired) electrons. The first-order valence-corrected chi connectivity index (χ1v) is 15.4. The number of halogens is 1. The molecule has 3 rings (SSSR count). The van der Waals surface area contributed by atoms with Crippen molar-refractivity contribution in [3.8, 4) is 22.4 Å². The number of benzene rings is 2. The molecule has 0 aliphatic carbocycles. The van der Waals surface area contributed by atoms with Gasteiger partial charge >= 0.3 is 5.97 Å². The number of carboxylic acid groups (broad SMARTS) is 1. The minimum Gasteiger partial charge on any atom is -0.481 e. The van der Waals surface area contributed by atoms with E-state index in [0.29, 0.717) is 19.4 Å². The van der Waals surface area contributed by atoms with Gasteiger partial charge in [0.25, 0.3) is 0 Å². The molecule has 1 heterocycles. The summed E-state index contributed by atoms with van der Waals surface area (Å²) in [6, 6.07) is 18.5. The minimum absolute atomic E-state index is 0.00199. The lowest BCUT2D eigenvalue weighted by molar-refractivity contribution is -0.139. The molecule has 1 aromatic heterocycles. The highest BCUT2D eigenvalue weighted by molar-refractivity contribution is 5.82. The smallest absolute Gasteiger partial charge is 0.305 e. The van der Waals surface area contributed by atoms with Gasteiger partial charge in [0.15, 0.2) is 0 Å². The van der Waals surface area contributed by atoms with Crippen LogP contribution in [-0.2, 0) is 16.1 Å². The summed E-state index contributed by atoms with van der Waals surface area (Å²) in [4.78, 5) is 20.8. The second kappa shape index (κ2) is 21.4. The third kappa shape index (κ3) is 13.5. The van der Waals surface area contributed by atoms with Crippen molar-refractivity contribution in [2.45, 2.75) is 85.5 Å². The number of aliphatic hydroxyl groups is 2. The zero-order valence-corrected chi connectivity index (χ0v) is 27.3. The summed E-state index contributed by atoms with van der Waals surface area (Å²) < 4.78 is 15.8. The van der Waals surface area contributed by atoms with Crippen molar-refractivity contribution < 1.29 is 29.3 Å². The van der Waals surface area contributed by atoms with E-state index in [1.807, 2.05) is 88.4 Å². The van der Waals surface area contributed by atoms with Crippen LogP contribution in [0, 0.1) is 5.82 Å². The number of aliphatic hydroxyl groups excluding tert-OH is 2. The maximum absolute atomic E-state index is 13.6. The molecule has 0 bridgehead atoms. The van der Waals surface area contributed by atoms with E-state index in [0.717, 1.165) is 33.8 Å². The van der Waals surface area contributed by atoms with Crippen LogP contribution in [-0.4, -0.2) is 44.5 Å². The molecule has 3 aromatic rings. The van der Waals surface area contributed by atoms with Crippen molar-refractivity contribution >= 4 is 12.4 Å². The van der Waals surface area contributed by atoms with Gasteiger partial charge in [-0.05, 0) is 86.2 Å². The second-order valence-corrected chi connectivity index (χ2v) is 10.4. The first kappa shape index (κ1) is 38.8. The van der Waals surface area contributed by atoms with Gasteiger partial charge in [0.2, 0.25) is 6.41 Å². The first-order chi connectivity index (χ1) is 21.6. The number of aliphatic carboxylic acids is 1. The highest BCUT2D eigenvalue weighted by Gasteiger charge is 2.21. The number of nitrogens with one attached hydrogen (secondary N) is 1. The molecule has 4 N–H and O–H groups in total. The van der Waals surface area contributed by atoms with Crippen LogP contribution >= 0.6 is 0 Å². The molecule has 0 aliphatic rings. The number of allylic oxidation sites excluding steroid dienone is 5. The van der Waals surface area contributed by atoms with E-state index in [1.54, 1.807) is 12.1 Å². The molecule has 0 aliphatic heterocycles. The van der Waals surface area contributed by atoms with Crippen LogP contribution in [0.15, 0.2) is 96.7 Å². The first-order valence-electron chi connectivity index (χ1n) is 15.4. The van der Waals surface area contributed by atoms with E-state index in [4.69, 9.17) is 5.11 Å². The zero-order valence-electron chi connectivity index (χ0n) is 27.3. The van der Waals surface area contributed by atoms with Crippen LogP contribution < -0.4 is 5.32 Å². The van der Waals surface area contributed by atoms with E-state index in [2.05, 4.69) is 29.8 Å². The number of carboxylic acids is 1. The third-order valence-corrected chi connectivity index (χ3v) is 6.60. The van der Waals surface area contributed by atoms with Crippen LogP contribution in [0.1, 0.15) is 72.4 Å². The molecule has 8 heteroatoms. The summed E-state index contributed by atoms with van der Waals surface area (Å²) in [7, 11) is 0. The largest absolute Gasteiger partial charge is 0.481 e. The van der Waals surface area contributed by atoms with E-state index in [-0.39, 0.29) is 18.2 Å². The van der Waals surface area contributed by atoms with E-state index in [9.17, 15) is 24.2 Å². The molecule has 0 saturated carbocycles. The molecule has 244 valence electrons. The number of carbonyl (C=O) groups is 2. The molecule has 0 saturated heterocycles. The average molecular weight is 621 g/mol. The Kier molecular flexibility index (Phi) is 18.5. The fourth-order valence-corrected chi connectivity index (χ4v) is 4.64. The summed E-state index contributed by atoms with van der Waals surface area (Å²) in [5.41, 5.74) is 5.77. The van der Waals surface area contributed by atoms with Gasteiger partial charge in [0.05, 0.1) is 24.3 Å². The number of carbonyl (C=O) groups excluding carboxylic acids is 1. The maximum atomic E-state index is 13.6. The maximum Gasteiger partial charge on any atom is 0.305 e. The Morgan fingerprint density at radius 3 is 2.13 bits per heavy atom. The fraction of sp³-hybridized carbons (Fsp3) is 0.351. The zero-order chi connectivity index (χ0) is 33.8. The number of aromatic nitrogens is 1. The highest BCUT2D eigenvalue weighted by atomic mass is 19.1. The van der Waals surface area contributed by atoms with Crippen LogP contribution in [0.3, 0.4) is 0 Å². The van der Waals surface area contributed by atoms with Crippen molar-refractivity contribution in [2.75, 3.05) is 0 Å². The Hall–Kier alpha value is -4.27. The lowest BCUT2D eigenvalue weighted by atomic mass is 10.0. The molecule has 2 atom stereocenters. The average Bonchev–Trinajstić information content (AvgIpc) is 3.41. The number of rotatable bonds is 14. The summed E-state index contributed by atoms with van der Waals surface area (Å²) in [6.07, 6.45) is 7.99. The molecular weight excluding hydrogens is 571 g/mol. The molecule has 1 amide bonds. The Labute approximate surface area is 267 Å². The lowest BCUT2D eigenvalue weighted by Gasteiger charge is -2.20. The molecular formula is C37H49FN2O5. The number of hydrogen-bond acceptors (Lipinski definition) is 4. The Balaban J connectivity index is 0.000000660. The summed E-state index contributed by atoms with van der Waals surface area (Å²) in [6.45, 7) is 12.5. The molecule has 0 fully saturated rings. The Morgan fingerprint density at radius 2 is 1.60 bits per heavy atom. The van der Waals surface area contributed by atoms with Crippen LogP contribution in [0.5, 0.6) is 0 Å². The molecule has 2 aromatic carbocycles. The summed E-state index contributed by atoms with van der Waals surface area (Å²) >= 11 is 0. The number of amides is 1. The van der Waals surface area contributed by atoms with Gasteiger partial charge in [-0.2, -0.15) is 0 Å². The SMILES string of the molecule is CC.CC(C)c1cc(-c2ccccc2)c(-c2ccc(F)cc2)n1CCC(O)CC(O)CC(=O)O.C\C=C/C=C(\C=C/C)NC=O. The van der Waals surface area contributed by atoms with Gasteiger partial charge in [-0.3, -0.25) is 9.59 Å². The molecule has 0 spiro atoms. The standard InChI is InChI=1S/C26H30FNO4.C9H13NO.C2H6/c1-17(2)24-16-23(18-6-4-3-5-7-18)26(19-8-10-20(27)11-9-19)28(24)13-12-21(29)14-22(30)15-25(31)32;1-3-5-7-9(6-4-2)10-8-11;1-2/h3-11,16-17,21-22,29-30H,12-15H2,1-2H3,(H,31,32);3-8H,1-2H3,(H,10,11);1-2H3/b;5-3-,6-4-,9-7+;. The lowest BCUT2D eigenvalue weighted by Crippen LogP contribution is -2.22. The monoisotopic (exact) mass is 620 g/mol. The Bertz CT molecular complexity index is 1380. The topological polar surface area (TPSA) is 112 Å². The predicted molar refractivity (Wildman–Crippen MR) is 181 cm³/mol. The van der Waals surface area contributed by atoms with Crippen LogP contribution in [0.2, 0.25) is 0 Å². The van der Waals surface area contributed by atoms with Gasteiger partial charge in [0.1, 0.15) is 5.82 Å². The molecule has 7 nitrogen and oxygen atoms in total. The van der Waals surface area contributed by atoms with Crippen molar-refractivity contribution in [2.24, 2.45) is 0 Å². The van der Waals surface area contributed by atoms with Crippen LogP contribution in [0.25, 0.3) is 22.4 Å². The van der Waals surface area contributed by atoms with Gasteiger partial charge in [-0.15, -0.1) is 0 Å². The normalized spacial score (nSPS) is 12.7. The predicted octanol–water partition coefficient (Wildman–Crippen LogP) is 7.86. The summed E-state index contributed by atoms with van der Waals surface area (Å²) in [5, 5.41) is 31.7. The van der Waals surface area contributed by atoms with E-state index < -0.39 is 24.6 Å². The molecule has 2 unspecified atom stereocenters.